The lowest BCUT2D eigenvalue weighted by Gasteiger charge is -2.03. The maximum Gasteiger partial charge on any atom is 0.255 e. The Morgan fingerprint density at radius 3 is 2.90 bits per heavy atom. The molecule has 0 aliphatic heterocycles. The zero-order valence-corrected chi connectivity index (χ0v) is 10.6. The van der Waals surface area contributed by atoms with Crippen LogP contribution < -0.4 is 16.8 Å². The summed E-state index contributed by atoms with van der Waals surface area (Å²) in [5.41, 5.74) is 12.1. The van der Waals surface area contributed by atoms with Crippen LogP contribution in [0.1, 0.15) is 16.1 Å². The number of hydrogen-bond donors (Lipinski definition) is 3. The molecule has 20 heavy (non-hydrogen) atoms. The lowest BCUT2D eigenvalue weighted by molar-refractivity contribution is -0.118. The van der Waals surface area contributed by atoms with E-state index in [0.29, 0.717) is 16.9 Å². The number of rotatable bonds is 5. The maximum atomic E-state index is 12.0. The van der Waals surface area contributed by atoms with Gasteiger partial charge >= 0.3 is 0 Å². The summed E-state index contributed by atoms with van der Waals surface area (Å²) in [5, 5.41) is 6.57. The van der Waals surface area contributed by atoms with E-state index in [1.54, 1.807) is 12.1 Å². The molecule has 5 N–H and O–H groups in total. The van der Waals surface area contributed by atoms with Crippen molar-refractivity contribution in [1.82, 2.24) is 14.8 Å². The van der Waals surface area contributed by atoms with Crippen LogP contribution in [0, 0.1) is 0 Å². The van der Waals surface area contributed by atoms with Gasteiger partial charge in [0.1, 0.15) is 6.54 Å². The van der Waals surface area contributed by atoms with Gasteiger partial charge in [-0.3, -0.25) is 19.3 Å². The molecule has 8 nitrogen and oxygen atoms in total. The first-order chi connectivity index (χ1) is 9.58. The number of carbonyl (C=O) groups is 2. The fourth-order valence-corrected chi connectivity index (χ4v) is 1.61. The zero-order chi connectivity index (χ0) is 14.5. The van der Waals surface area contributed by atoms with Crippen LogP contribution in [0.15, 0.2) is 30.7 Å². The second kappa shape index (κ2) is 5.93. The average Bonchev–Trinajstić information content (AvgIpc) is 2.85. The largest absolute Gasteiger partial charge is 0.368 e. The summed E-state index contributed by atoms with van der Waals surface area (Å²) in [7, 11) is 0. The van der Waals surface area contributed by atoms with Gasteiger partial charge in [-0.1, -0.05) is 0 Å². The van der Waals surface area contributed by atoms with E-state index in [4.69, 9.17) is 11.5 Å². The third-order valence-electron chi connectivity index (χ3n) is 2.50. The molecule has 2 amide bonds. The van der Waals surface area contributed by atoms with E-state index >= 15 is 0 Å². The number of primary amides is 1. The summed E-state index contributed by atoms with van der Waals surface area (Å²) >= 11 is 0. The lowest BCUT2D eigenvalue weighted by atomic mass is 10.2. The van der Waals surface area contributed by atoms with Crippen LogP contribution in [-0.4, -0.2) is 26.6 Å². The van der Waals surface area contributed by atoms with Gasteiger partial charge in [-0.05, 0) is 12.1 Å². The Morgan fingerprint density at radius 2 is 2.20 bits per heavy atom. The van der Waals surface area contributed by atoms with Crippen molar-refractivity contribution >= 4 is 17.5 Å². The van der Waals surface area contributed by atoms with E-state index in [2.05, 4.69) is 15.4 Å². The van der Waals surface area contributed by atoms with Gasteiger partial charge in [0.2, 0.25) is 5.91 Å². The summed E-state index contributed by atoms with van der Waals surface area (Å²) in [5.74, 6) is -0.812. The number of amides is 2. The molecule has 0 saturated heterocycles. The Kier molecular flexibility index (Phi) is 4.06. The fraction of sp³-hybridized carbons (Fsp3) is 0.167. The quantitative estimate of drug-likeness (QED) is 0.675. The van der Waals surface area contributed by atoms with Crippen molar-refractivity contribution < 1.29 is 9.59 Å². The number of nitrogens with two attached hydrogens (primary N) is 2. The van der Waals surface area contributed by atoms with E-state index < -0.39 is 5.91 Å². The maximum absolute atomic E-state index is 12.0. The Bertz CT molecular complexity index is 636. The summed E-state index contributed by atoms with van der Waals surface area (Å²) < 4.78 is 1.34. The SMILES string of the molecule is NCc1cc(C(=O)Nc2cnn(CC(N)=O)c2)ccn1. The first kappa shape index (κ1) is 13.7. The molecule has 0 bridgehead atoms. The number of nitrogens with one attached hydrogen (secondary N) is 1. The average molecular weight is 274 g/mol. The van der Waals surface area contributed by atoms with Crippen LogP contribution in [0.3, 0.4) is 0 Å². The molecule has 0 radical (unpaired) electrons. The number of pyridine rings is 1. The molecule has 2 heterocycles. The van der Waals surface area contributed by atoms with E-state index in [-0.39, 0.29) is 19.0 Å². The van der Waals surface area contributed by atoms with Crippen molar-refractivity contribution in [3.63, 3.8) is 0 Å². The number of anilines is 1. The van der Waals surface area contributed by atoms with Crippen LogP contribution in [0.25, 0.3) is 0 Å². The Labute approximate surface area is 114 Å². The van der Waals surface area contributed by atoms with Gasteiger partial charge < -0.3 is 16.8 Å². The van der Waals surface area contributed by atoms with Crippen LogP contribution in [0.5, 0.6) is 0 Å². The Morgan fingerprint density at radius 1 is 1.40 bits per heavy atom. The summed E-state index contributed by atoms with van der Waals surface area (Å²) in [6.45, 7) is 0.222. The van der Waals surface area contributed by atoms with Crippen molar-refractivity contribution in [3.05, 3.63) is 42.0 Å². The van der Waals surface area contributed by atoms with Crippen molar-refractivity contribution in [1.29, 1.82) is 0 Å². The monoisotopic (exact) mass is 274 g/mol. The molecule has 0 aliphatic rings. The van der Waals surface area contributed by atoms with Gasteiger partial charge in [0.05, 0.1) is 17.6 Å². The molecule has 8 heteroatoms. The second-order valence-electron chi connectivity index (χ2n) is 4.09. The van der Waals surface area contributed by atoms with E-state index in [1.165, 1.54) is 23.3 Å². The first-order valence-corrected chi connectivity index (χ1v) is 5.85. The molecule has 2 aromatic rings. The molecule has 0 unspecified atom stereocenters. The molecule has 0 atom stereocenters. The highest BCUT2D eigenvalue weighted by atomic mass is 16.2. The topological polar surface area (TPSA) is 129 Å². The van der Waals surface area contributed by atoms with Gasteiger partial charge in [-0.25, -0.2) is 0 Å². The fourth-order valence-electron chi connectivity index (χ4n) is 1.61. The number of nitrogens with zero attached hydrogens (tertiary/aromatic N) is 3. The minimum absolute atomic E-state index is 0.0392. The molecular formula is C12H14N6O2. The van der Waals surface area contributed by atoms with Crippen molar-refractivity contribution in [2.75, 3.05) is 5.32 Å². The number of aromatic nitrogens is 3. The molecule has 0 fully saturated rings. The summed E-state index contributed by atoms with van der Waals surface area (Å²) in [6, 6.07) is 3.20. The van der Waals surface area contributed by atoms with Crippen LogP contribution in [-0.2, 0) is 17.9 Å². The molecule has 104 valence electrons. The predicted octanol–water partition coefficient (Wildman–Crippen LogP) is -0.526. The van der Waals surface area contributed by atoms with Crippen molar-refractivity contribution in [2.45, 2.75) is 13.1 Å². The third kappa shape index (κ3) is 3.39. The van der Waals surface area contributed by atoms with Gasteiger partial charge in [0.25, 0.3) is 5.91 Å². The van der Waals surface area contributed by atoms with Crippen molar-refractivity contribution in [2.24, 2.45) is 11.5 Å². The smallest absolute Gasteiger partial charge is 0.255 e. The van der Waals surface area contributed by atoms with E-state index in [9.17, 15) is 9.59 Å². The molecule has 2 aromatic heterocycles. The standard InChI is InChI=1S/C12H14N6O2/c13-4-9-3-8(1-2-15-9)12(20)17-10-5-16-18(6-10)7-11(14)19/h1-3,5-6H,4,7,13H2,(H2,14,19)(H,17,20). The van der Waals surface area contributed by atoms with Gasteiger partial charge in [-0.15, -0.1) is 0 Å². The highest BCUT2D eigenvalue weighted by molar-refractivity contribution is 6.04. The molecule has 0 saturated carbocycles. The molecule has 0 spiro atoms. The second-order valence-corrected chi connectivity index (χ2v) is 4.09. The van der Waals surface area contributed by atoms with Crippen LogP contribution in [0.4, 0.5) is 5.69 Å². The minimum Gasteiger partial charge on any atom is -0.368 e. The zero-order valence-electron chi connectivity index (χ0n) is 10.6. The van der Waals surface area contributed by atoms with Crippen LogP contribution >= 0.6 is 0 Å². The first-order valence-electron chi connectivity index (χ1n) is 5.85. The molecule has 0 aromatic carbocycles. The molecule has 2 rings (SSSR count). The van der Waals surface area contributed by atoms with Gasteiger partial charge in [-0.2, -0.15) is 5.10 Å². The lowest BCUT2D eigenvalue weighted by Crippen LogP contribution is -2.18. The normalized spacial score (nSPS) is 10.2. The molecular weight excluding hydrogens is 260 g/mol. The summed E-state index contributed by atoms with van der Waals surface area (Å²) in [4.78, 5) is 26.8. The van der Waals surface area contributed by atoms with E-state index in [0.717, 1.165) is 0 Å². The molecule has 0 aliphatic carbocycles. The summed E-state index contributed by atoms with van der Waals surface area (Å²) in [6.07, 6.45) is 4.48. The Balaban J connectivity index is 2.07. The Hall–Kier alpha value is -2.74. The number of hydrogen-bond acceptors (Lipinski definition) is 5. The van der Waals surface area contributed by atoms with Gasteiger partial charge in [0.15, 0.2) is 0 Å². The van der Waals surface area contributed by atoms with Crippen LogP contribution in [0.2, 0.25) is 0 Å². The predicted molar refractivity (Wildman–Crippen MR) is 71.5 cm³/mol. The number of carbonyl (C=O) groups excluding carboxylic acids is 2. The van der Waals surface area contributed by atoms with Crippen molar-refractivity contribution in [3.8, 4) is 0 Å². The highest BCUT2D eigenvalue weighted by Crippen LogP contribution is 2.09. The minimum atomic E-state index is -0.507. The highest BCUT2D eigenvalue weighted by Gasteiger charge is 2.09. The third-order valence-corrected chi connectivity index (χ3v) is 2.50. The van der Waals surface area contributed by atoms with E-state index in [1.807, 2.05) is 0 Å². The van der Waals surface area contributed by atoms with Gasteiger partial charge in [0, 0.05) is 24.5 Å².